The Kier molecular flexibility index (Phi) is 3.29. The van der Waals surface area contributed by atoms with Crippen molar-refractivity contribution in [1.29, 1.82) is 0 Å². The van der Waals surface area contributed by atoms with E-state index >= 15 is 0 Å². The first-order valence-corrected chi connectivity index (χ1v) is 4.69. The van der Waals surface area contributed by atoms with Crippen molar-refractivity contribution in [1.82, 2.24) is 5.32 Å². The maximum atomic E-state index is 9.12. The van der Waals surface area contributed by atoms with Crippen molar-refractivity contribution >= 4 is 0 Å². The van der Waals surface area contributed by atoms with Gasteiger partial charge in [0.15, 0.2) is 0 Å². The number of hydrogen-bond donors (Lipinski definition) is 2. The van der Waals surface area contributed by atoms with Gasteiger partial charge in [-0.15, -0.1) is 6.58 Å². The second kappa shape index (κ2) is 4.06. The van der Waals surface area contributed by atoms with Gasteiger partial charge in [0.25, 0.3) is 0 Å². The van der Waals surface area contributed by atoms with Gasteiger partial charge in [-0.1, -0.05) is 5.57 Å². The zero-order valence-corrected chi connectivity index (χ0v) is 7.90. The van der Waals surface area contributed by atoms with Gasteiger partial charge >= 0.3 is 0 Å². The molecule has 0 aromatic rings. The summed E-state index contributed by atoms with van der Waals surface area (Å²) in [5.41, 5.74) is 1.27. The Morgan fingerprint density at radius 3 is 2.58 bits per heavy atom. The van der Waals surface area contributed by atoms with Crippen LogP contribution in [0, 0.1) is 0 Å². The first kappa shape index (κ1) is 9.75. The van der Waals surface area contributed by atoms with Crippen molar-refractivity contribution in [3.8, 4) is 0 Å². The Labute approximate surface area is 74.7 Å². The summed E-state index contributed by atoms with van der Waals surface area (Å²) in [5.74, 6) is 0. The fourth-order valence-electron chi connectivity index (χ4n) is 1.54. The molecule has 2 heteroatoms. The van der Waals surface area contributed by atoms with Crippen molar-refractivity contribution in [2.24, 2.45) is 0 Å². The lowest BCUT2D eigenvalue weighted by Crippen LogP contribution is -2.54. The van der Waals surface area contributed by atoms with Crippen LogP contribution >= 0.6 is 0 Å². The molecule has 1 saturated carbocycles. The number of hydrogen-bond acceptors (Lipinski definition) is 2. The minimum atomic E-state index is 0.0649. The molecule has 0 heterocycles. The van der Waals surface area contributed by atoms with Crippen molar-refractivity contribution in [3.05, 3.63) is 12.2 Å². The molecule has 0 aromatic heterocycles. The minimum absolute atomic E-state index is 0.0649. The molecular formula is C10H19NO. The van der Waals surface area contributed by atoms with Crippen LogP contribution in [0.5, 0.6) is 0 Å². The van der Waals surface area contributed by atoms with E-state index in [2.05, 4.69) is 11.9 Å². The Morgan fingerprint density at radius 2 is 2.25 bits per heavy atom. The predicted octanol–water partition coefficient (Wildman–Crippen LogP) is 1.46. The Hall–Kier alpha value is -0.340. The summed E-state index contributed by atoms with van der Waals surface area (Å²) in [6, 6.07) is 0. The van der Waals surface area contributed by atoms with Crippen LogP contribution in [0.25, 0.3) is 0 Å². The van der Waals surface area contributed by atoms with E-state index in [-0.39, 0.29) is 12.1 Å². The molecule has 0 aromatic carbocycles. The average molecular weight is 169 g/mol. The van der Waals surface area contributed by atoms with Gasteiger partial charge in [-0.25, -0.2) is 0 Å². The molecule has 0 unspecified atom stereocenters. The Bertz CT molecular complexity index is 156. The smallest absolute Gasteiger partial charge is 0.0613 e. The van der Waals surface area contributed by atoms with E-state index in [0.29, 0.717) is 0 Å². The van der Waals surface area contributed by atoms with Crippen LogP contribution in [0.4, 0.5) is 0 Å². The van der Waals surface area contributed by atoms with Crippen molar-refractivity contribution in [2.75, 3.05) is 13.2 Å². The van der Waals surface area contributed by atoms with E-state index < -0.39 is 0 Å². The van der Waals surface area contributed by atoms with Crippen LogP contribution in [-0.2, 0) is 0 Å². The summed E-state index contributed by atoms with van der Waals surface area (Å²) in [7, 11) is 0. The fraction of sp³-hybridized carbons (Fsp3) is 0.800. The summed E-state index contributed by atoms with van der Waals surface area (Å²) in [6.07, 6.45) is 4.52. The molecule has 0 bridgehead atoms. The van der Waals surface area contributed by atoms with E-state index in [4.69, 9.17) is 5.11 Å². The SMILES string of the molecule is C=C(C)CCNC1(CO)CCC1. The number of aliphatic hydroxyl groups is 1. The van der Waals surface area contributed by atoms with E-state index in [9.17, 15) is 0 Å². The van der Waals surface area contributed by atoms with Gasteiger partial charge in [0.1, 0.15) is 0 Å². The molecule has 2 N–H and O–H groups in total. The zero-order chi connectivity index (χ0) is 9.03. The van der Waals surface area contributed by atoms with Crippen molar-refractivity contribution in [3.63, 3.8) is 0 Å². The highest BCUT2D eigenvalue weighted by atomic mass is 16.3. The molecule has 0 radical (unpaired) electrons. The quantitative estimate of drug-likeness (QED) is 0.611. The lowest BCUT2D eigenvalue weighted by Gasteiger charge is -2.41. The molecule has 0 saturated heterocycles. The Balaban J connectivity index is 2.16. The summed E-state index contributed by atoms with van der Waals surface area (Å²) in [4.78, 5) is 0. The van der Waals surface area contributed by atoms with Gasteiger partial charge in [-0.2, -0.15) is 0 Å². The molecule has 12 heavy (non-hydrogen) atoms. The third kappa shape index (κ3) is 2.32. The minimum Gasteiger partial charge on any atom is -0.394 e. The van der Waals surface area contributed by atoms with Crippen LogP contribution < -0.4 is 5.32 Å². The Morgan fingerprint density at radius 1 is 1.58 bits per heavy atom. The maximum Gasteiger partial charge on any atom is 0.0613 e. The average Bonchev–Trinajstić information content (AvgIpc) is 1.94. The van der Waals surface area contributed by atoms with Gasteiger partial charge in [0.05, 0.1) is 6.61 Å². The molecule has 0 amide bonds. The number of nitrogens with one attached hydrogen (secondary N) is 1. The molecule has 2 nitrogen and oxygen atoms in total. The van der Waals surface area contributed by atoms with Gasteiger partial charge in [-0.3, -0.25) is 0 Å². The monoisotopic (exact) mass is 169 g/mol. The lowest BCUT2D eigenvalue weighted by atomic mass is 9.77. The highest BCUT2D eigenvalue weighted by Crippen LogP contribution is 2.30. The molecule has 0 spiro atoms. The summed E-state index contributed by atoms with van der Waals surface area (Å²) < 4.78 is 0. The molecular weight excluding hydrogens is 150 g/mol. The predicted molar refractivity (Wildman–Crippen MR) is 51.1 cm³/mol. The highest BCUT2D eigenvalue weighted by molar-refractivity contribution is 4.97. The second-order valence-corrected chi connectivity index (χ2v) is 3.93. The molecule has 0 aliphatic heterocycles. The van der Waals surface area contributed by atoms with E-state index in [0.717, 1.165) is 25.8 Å². The van der Waals surface area contributed by atoms with Gasteiger partial charge in [0.2, 0.25) is 0 Å². The topological polar surface area (TPSA) is 32.3 Å². The van der Waals surface area contributed by atoms with Crippen molar-refractivity contribution < 1.29 is 5.11 Å². The summed E-state index contributed by atoms with van der Waals surface area (Å²) in [6.45, 7) is 7.11. The van der Waals surface area contributed by atoms with Gasteiger partial charge < -0.3 is 10.4 Å². The van der Waals surface area contributed by atoms with E-state index in [1.165, 1.54) is 12.0 Å². The normalized spacial score (nSPS) is 20.2. The third-order valence-electron chi connectivity index (χ3n) is 2.67. The zero-order valence-electron chi connectivity index (χ0n) is 7.90. The van der Waals surface area contributed by atoms with Crippen LogP contribution in [0.2, 0.25) is 0 Å². The van der Waals surface area contributed by atoms with Crippen molar-refractivity contribution in [2.45, 2.75) is 38.1 Å². The lowest BCUT2D eigenvalue weighted by molar-refractivity contribution is 0.0895. The number of rotatable bonds is 5. The van der Waals surface area contributed by atoms with Gasteiger partial charge in [0, 0.05) is 5.54 Å². The molecule has 1 aliphatic rings. The van der Waals surface area contributed by atoms with Crippen LogP contribution in [-0.4, -0.2) is 23.8 Å². The molecule has 1 rings (SSSR count). The fourth-order valence-corrected chi connectivity index (χ4v) is 1.54. The van der Waals surface area contributed by atoms with Gasteiger partial charge in [-0.05, 0) is 39.2 Å². The summed E-state index contributed by atoms with van der Waals surface area (Å²) in [5, 5.41) is 12.5. The summed E-state index contributed by atoms with van der Waals surface area (Å²) >= 11 is 0. The standard InChI is InChI=1S/C10H19NO/c1-9(2)4-7-11-10(8-12)5-3-6-10/h11-12H,1,3-8H2,2H3. The molecule has 1 aliphatic carbocycles. The first-order chi connectivity index (χ1) is 5.68. The largest absolute Gasteiger partial charge is 0.394 e. The molecule has 0 atom stereocenters. The first-order valence-electron chi connectivity index (χ1n) is 4.69. The maximum absolute atomic E-state index is 9.12. The molecule has 1 fully saturated rings. The third-order valence-corrected chi connectivity index (χ3v) is 2.67. The van der Waals surface area contributed by atoms with Crippen LogP contribution in [0.15, 0.2) is 12.2 Å². The number of aliphatic hydroxyl groups excluding tert-OH is 1. The van der Waals surface area contributed by atoms with E-state index in [1.807, 2.05) is 6.92 Å². The van der Waals surface area contributed by atoms with Crippen LogP contribution in [0.1, 0.15) is 32.6 Å². The van der Waals surface area contributed by atoms with Crippen LogP contribution in [0.3, 0.4) is 0 Å². The van der Waals surface area contributed by atoms with E-state index in [1.54, 1.807) is 0 Å². The highest BCUT2D eigenvalue weighted by Gasteiger charge is 2.35. The second-order valence-electron chi connectivity index (χ2n) is 3.93. The molecule has 70 valence electrons.